The van der Waals surface area contributed by atoms with Crippen molar-refractivity contribution in [1.82, 2.24) is 31.9 Å². The maximum atomic E-state index is 12.5. The monoisotopic (exact) mass is 1720 g/mol. The molecule has 6 heterocycles. The largest absolute Gasteiger partial charge is 0.504 e. The van der Waals surface area contributed by atoms with Crippen molar-refractivity contribution in [2.45, 2.75) is 235 Å². The molecule has 6 aliphatic heterocycles. The number of ketones is 2. The second kappa shape index (κ2) is 45.7. The fourth-order valence-electron chi connectivity index (χ4n) is 17.3. The minimum atomic E-state index is -0.525. The van der Waals surface area contributed by atoms with Crippen LogP contribution in [0.1, 0.15) is 280 Å². The number of methoxy groups -OCH3 is 1. The Hall–Kier alpha value is -9.37. The van der Waals surface area contributed by atoms with Crippen LogP contribution in [-0.4, -0.2) is 178 Å². The molecular weight excluding hydrogens is 1570 g/mol. The summed E-state index contributed by atoms with van der Waals surface area (Å²) in [4.78, 5) is 108. The third-order valence-electron chi connectivity index (χ3n) is 26.6. The number of piperidine rings is 6. The third kappa shape index (κ3) is 29.9. The summed E-state index contributed by atoms with van der Waals surface area (Å²) < 4.78 is 39.4. The average Bonchev–Trinajstić information content (AvgIpc) is 1.53. The van der Waals surface area contributed by atoms with E-state index in [4.69, 9.17) is 44.6 Å². The lowest BCUT2D eigenvalue weighted by molar-refractivity contribution is -0.166. The van der Waals surface area contributed by atoms with E-state index >= 15 is 0 Å². The Morgan fingerprint density at radius 2 is 0.677 bits per heavy atom. The first-order valence-corrected chi connectivity index (χ1v) is 44.4. The molecule has 0 spiro atoms. The minimum absolute atomic E-state index is 0.00136. The highest BCUT2D eigenvalue weighted by molar-refractivity contribution is 6.05. The SMILES string of the molecule is CC(=O)c1ccc(C(=O)OC(C)(C)C2CCNCC2)cc1.CC(=O)c1ccccc1C(=O)OC(C)(C)C1CCNCC1.CC(C)(OC(=O)/C=C/c1ccc(N)cc1)C1CCNCC1.CC(C)(OC(=O)C1C(C)(C)C1(C)C)C1CCNCC1.CC(C)(OC(=O)c1ccc(C(N)=O)cc1)C1CCNCC1.COc1cc(C(=O)OC(C)(C)C2CCNCC2)ccc1O. The van der Waals surface area contributed by atoms with Crippen molar-refractivity contribution in [2.75, 3.05) is 91.4 Å². The summed E-state index contributed by atoms with van der Waals surface area (Å²) in [5.41, 5.74) is 12.9. The summed E-state index contributed by atoms with van der Waals surface area (Å²) in [6, 6.07) is 31.5. The molecule has 7 aliphatic rings. The van der Waals surface area contributed by atoms with Crippen molar-refractivity contribution >= 4 is 65.1 Å². The second-order valence-corrected chi connectivity index (χ2v) is 38.1. The van der Waals surface area contributed by atoms with Crippen LogP contribution in [0, 0.1) is 52.3 Å². The quantitative estimate of drug-likeness (QED) is 0.00964. The van der Waals surface area contributed by atoms with E-state index in [0.717, 1.165) is 161 Å². The van der Waals surface area contributed by atoms with E-state index in [9.17, 15) is 48.3 Å². The van der Waals surface area contributed by atoms with Gasteiger partial charge in [-0.25, -0.2) is 24.0 Å². The van der Waals surface area contributed by atoms with E-state index in [1.807, 2.05) is 93.5 Å². The minimum Gasteiger partial charge on any atom is -0.504 e. The fraction of sp³-hybridized carbons (Fsp3) is 0.586. The topological polar surface area (TPSA) is 363 Å². The molecule has 25 heteroatoms. The number of carbonyl (C=O) groups excluding carboxylic acids is 9. The average molecular weight is 1720 g/mol. The van der Waals surface area contributed by atoms with Gasteiger partial charge in [0.2, 0.25) is 5.91 Å². The van der Waals surface area contributed by atoms with E-state index in [1.54, 1.807) is 72.8 Å². The predicted molar refractivity (Wildman–Crippen MR) is 485 cm³/mol. The predicted octanol–water partition coefficient (Wildman–Crippen LogP) is 15.3. The van der Waals surface area contributed by atoms with Crippen molar-refractivity contribution in [3.63, 3.8) is 0 Å². The number of phenolic OH excluding ortho intramolecular Hbond substituents is 1. The van der Waals surface area contributed by atoms with Crippen LogP contribution in [-0.2, 0) is 38.0 Å². The maximum Gasteiger partial charge on any atom is 0.339 e. The van der Waals surface area contributed by atoms with Gasteiger partial charge in [0, 0.05) is 64.0 Å². The molecule has 0 atom stereocenters. The van der Waals surface area contributed by atoms with Gasteiger partial charge in [-0.2, -0.15) is 0 Å². The van der Waals surface area contributed by atoms with Gasteiger partial charge >= 0.3 is 35.8 Å². The molecule has 5 aromatic carbocycles. The van der Waals surface area contributed by atoms with Crippen LogP contribution in [0.25, 0.3) is 6.08 Å². The van der Waals surface area contributed by atoms with E-state index in [2.05, 4.69) is 73.4 Å². The molecule has 0 aromatic heterocycles. The number of esters is 6. The van der Waals surface area contributed by atoms with Gasteiger partial charge in [-0.1, -0.05) is 70.2 Å². The van der Waals surface area contributed by atoms with Gasteiger partial charge in [-0.3, -0.25) is 19.2 Å². The van der Waals surface area contributed by atoms with Crippen molar-refractivity contribution in [3.8, 4) is 11.5 Å². The summed E-state index contributed by atoms with van der Waals surface area (Å²) in [5.74, 6) is 0.183. The molecule has 0 bridgehead atoms. The number of hydrogen-bond donors (Lipinski definition) is 9. The lowest BCUT2D eigenvalue weighted by Gasteiger charge is -2.37. The Morgan fingerprint density at radius 1 is 0.379 bits per heavy atom. The smallest absolute Gasteiger partial charge is 0.339 e. The Balaban J connectivity index is 0.000000204. The Morgan fingerprint density at radius 3 is 1.00 bits per heavy atom. The van der Waals surface area contributed by atoms with Crippen molar-refractivity contribution in [2.24, 2.45) is 58.0 Å². The molecule has 25 nitrogen and oxygen atoms in total. The van der Waals surface area contributed by atoms with Gasteiger partial charge < -0.3 is 81.6 Å². The molecule has 1 aliphatic carbocycles. The van der Waals surface area contributed by atoms with Crippen LogP contribution in [0.15, 0.2) is 121 Å². The highest BCUT2D eigenvalue weighted by atomic mass is 16.6. The number of carbonyl (C=O) groups is 9. The molecular formula is C99H144N8O17. The molecule has 11 N–H and O–H groups in total. The molecule has 5 aromatic rings. The van der Waals surface area contributed by atoms with E-state index in [0.29, 0.717) is 80.1 Å². The molecule has 7 fully saturated rings. The number of ether oxygens (including phenoxy) is 7. The van der Waals surface area contributed by atoms with Crippen LogP contribution in [0.4, 0.5) is 5.69 Å². The standard InChI is InChI=1S/C17H24N2O2.2C17H23NO3.C16H22N2O3.C16H23NO4.C16H29NO2/c1-17(2,14-9-11-19-12-10-14)21-16(20)8-5-13-3-6-15(18)7-4-13;1-12(19)13-4-6-14(7-5-13)16(20)21-17(2,3)15-8-10-18-11-9-15;1-12(19)14-6-4-5-7-15(14)16(20)21-17(2,3)13-8-10-18-11-9-13;1-16(2,13-7-9-18-10-8-13)21-15(20)12-5-3-11(4-6-12)14(17)19;1-16(2,12-6-8-17-9-7-12)21-15(19)11-4-5-13(18)14(10-11)20-3;1-14(2)12(15(14,3)4)13(18)19-16(5,6)11-7-9-17-10-8-11/h3-8,14,19H,9-12,18H2,1-2H3;4-7,15,18H,8-11H2,1-3H3;4-7,13,18H,8-11H2,1-3H3;3-6,13,18H,7-10H2,1-2H3,(H2,17,19);4-5,10,12,17-18H,6-9H2,1-3H3;11-12,17H,7-10H2,1-6H3/b8-5+;;;;;. The summed E-state index contributed by atoms with van der Waals surface area (Å²) >= 11 is 0. The second-order valence-electron chi connectivity index (χ2n) is 38.1. The number of amides is 1. The number of anilines is 1. The van der Waals surface area contributed by atoms with Crippen molar-refractivity contribution < 1.29 is 81.4 Å². The van der Waals surface area contributed by atoms with Gasteiger partial charge in [-0.05, 0) is 348 Å². The molecule has 12 rings (SSSR count). The van der Waals surface area contributed by atoms with Crippen molar-refractivity contribution in [3.05, 3.63) is 166 Å². The molecule has 0 radical (unpaired) electrons. The number of rotatable bonds is 23. The summed E-state index contributed by atoms with van der Waals surface area (Å²) in [7, 11) is 1.45. The van der Waals surface area contributed by atoms with Gasteiger partial charge in [0.1, 0.15) is 33.6 Å². The lowest BCUT2D eigenvalue weighted by Crippen LogP contribution is -2.43. The van der Waals surface area contributed by atoms with Crippen molar-refractivity contribution in [1.29, 1.82) is 0 Å². The number of aromatic hydroxyl groups is 1. The zero-order valence-corrected chi connectivity index (χ0v) is 77.3. The summed E-state index contributed by atoms with van der Waals surface area (Å²) in [6.07, 6.45) is 15.5. The fourth-order valence-corrected chi connectivity index (χ4v) is 17.3. The normalized spacial score (nSPS) is 18.2. The van der Waals surface area contributed by atoms with Crippen LogP contribution < -0.4 is 48.1 Å². The van der Waals surface area contributed by atoms with Crippen LogP contribution in [0.3, 0.4) is 0 Å². The zero-order valence-electron chi connectivity index (χ0n) is 77.3. The Kier molecular flexibility index (Phi) is 37.5. The molecule has 124 heavy (non-hydrogen) atoms. The van der Waals surface area contributed by atoms with Crippen LogP contribution in [0.5, 0.6) is 11.5 Å². The maximum absolute atomic E-state index is 12.5. The first-order chi connectivity index (χ1) is 58.2. The number of phenols is 1. The summed E-state index contributed by atoms with van der Waals surface area (Å²) in [6.45, 7) is 47.2. The van der Waals surface area contributed by atoms with Crippen LogP contribution in [0.2, 0.25) is 0 Å². The number of Topliss-reactive ketones (excluding diaryl/α,β-unsaturated/α-hetero) is 2. The summed E-state index contributed by atoms with van der Waals surface area (Å²) in [5, 5.41) is 29.5. The van der Waals surface area contributed by atoms with Gasteiger partial charge in [0.05, 0.1) is 35.3 Å². The number of primary amides is 1. The molecule has 1 saturated carbocycles. The lowest BCUT2D eigenvalue weighted by atomic mass is 9.83. The van der Waals surface area contributed by atoms with E-state index in [-0.39, 0.29) is 69.3 Å². The van der Waals surface area contributed by atoms with Gasteiger partial charge in [0.15, 0.2) is 23.1 Å². The number of benzene rings is 5. The number of nitrogen functional groups attached to an aromatic ring is 1. The Labute approximate surface area is 736 Å². The Bertz CT molecular complexity index is 4250. The number of hydrogen-bond acceptors (Lipinski definition) is 24. The molecule has 0 unspecified atom stereocenters. The highest BCUT2D eigenvalue weighted by Gasteiger charge is 2.69. The molecule has 1 amide bonds. The molecule has 682 valence electrons. The third-order valence-corrected chi connectivity index (χ3v) is 26.6. The van der Waals surface area contributed by atoms with E-state index in [1.165, 1.54) is 51.3 Å². The highest BCUT2D eigenvalue weighted by Crippen LogP contribution is 2.69. The number of nitrogens with two attached hydrogens (primary N) is 2. The number of nitrogens with one attached hydrogen (secondary N) is 6. The van der Waals surface area contributed by atoms with E-state index < -0.39 is 45.9 Å². The first-order valence-electron chi connectivity index (χ1n) is 44.4. The first kappa shape index (κ1) is 102. The van der Waals surface area contributed by atoms with Crippen LogP contribution >= 0.6 is 0 Å². The van der Waals surface area contributed by atoms with Gasteiger partial charge in [0.25, 0.3) is 0 Å². The molecule has 6 saturated heterocycles. The zero-order chi connectivity index (χ0) is 91.6. The van der Waals surface area contributed by atoms with Gasteiger partial charge in [-0.15, -0.1) is 0 Å².